The van der Waals surface area contributed by atoms with Gasteiger partial charge in [-0.2, -0.15) is 0 Å². The number of thiophene rings is 1. The summed E-state index contributed by atoms with van der Waals surface area (Å²) in [5.41, 5.74) is 14.1. The standard InChI is InChI=1S/C54H36N2S/c1-4-15-37(16-5-1)38-27-29-40(30-28-38)44-33-31-42(35-49(44)39-17-6-2-7-18-39)55(51-25-14-23-48-47-22-11-13-26-53(47)57-54(48)51)43-32-34-46-45-21-10-12-24-50(45)56(52(46)36-43)41-19-8-3-9-20-41/h1-36H. The first-order chi connectivity index (χ1) is 28.3. The molecular weight excluding hydrogens is 709 g/mol. The highest BCUT2D eigenvalue weighted by Gasteiger charge is 2.22. The van der Waals surface area contributed by atoms with Crippen LogP contribution in [0.5, 0.6) is 0 Å². The fraction of sp³-hybridized carbons (Fsp3) is 0. The smallest absolute Gasteiger partial charge is 0.0640 e. The minimum absolute atomic E-state index is 1.10. The molecule has 0 saturated carbocycles. The molecule has 0 fully saturated rings. The predicted octanol–water partition coefficient (Wildman–Crippen LogP) is 15.6. The molecule has 0 atom stereocenters. The molecule has 0 saturated heterocycles. The maximum atomic E-state index is 2.47. The number of rotatable bonds is 7. The second-order valence-electron chi connectivity index (χ2n) is 14.5. The van der Waals surface area contributed by atoms with Crippen LogP contribution in [-0.2, 0) is 0 Å². The lowest BCUT2D eigenvalue weighted by atomic mass is 9.92. The molecule has 2 heterocycles. The Bertz CT molecular complexity index is 3220. The molecule has 0 unspecified atom stereocenters. The van der Waals surface area contributed by atoms with Gasteiger partial charge in [-0.25, -0.2) is 0 Å². The predicted molar refractivity (Wildman–Crippen MR) is 245 cm³/mol. The summed E-state index contributed by atoms with van der Waals surface area (Å²) in [5.74, 6) is 0. The van der Waals surface area contributed by atoms with Crippen LogP contribution >= 0.6 is 11.3 Å². The Morgan fingerprint density at radius 1 is 0.351 bits per heavy atom. The van der Waals surface area contributed by atoms with Crippen LogP contribution in [-0.4, -0.2) is 4.57 Å². The Balaban J connectivity index is 1.16. The summed E-state index contributed by atoms with van der Waals surface area (Å²) in [5, 5.41) is 5.04. The normalized spacial score (nSPS) is 11.5. The first-order valence-corrected chi connectivity index (χ1v) is 20.2. The van der Waals surface area contributed by atoms with Crippen LogP contribution in [0.15, 0.2) is 218 Å². The molecule has 268 valence electrons. The van der Waals surface area contributed by atoms with E-state index in [0.29, 0.717) is 0 Å². The van der Waals surface area contributed by atoms with E-state index in [1.165, 1.54) is 75.4 Å². The monoisotopic (exact) mass is 744 g/mol. The lowest BCUT2D eigenvalue weighted by molar-refractivity contribution is 1.18. The zero-order chi connectivity index (χ0) is 37.7. The van der Waals surface area contributed by atoms with E-state index in [4.69, 9.17) is 0 Å². The van der Waals surface area contributed by atoms with E-state index in [9.17, 15) is 0 Å². The first-order valence-electron chi connectivity index (χ1n) is 19.4. The fourth-order valence-electron chi connectivity index (χ4n) is 8.54. The van der Waals surface area contributed by atoms with E-state index >= 15 is 0 Å². The quantitative estimate of drug-likeness (QED) is 0.158. The van der Waals surface area contributed by atoms with Gasteiger partial charge in [0.15, 0.2) is 0 Å². The first kappa shape index (κ1) is 33.2. The Morgan fingerprint density at radius 2 is 0.912 bits per heavy atom. The number of fused-ring (bicyclic) bond motifs is 6. The van der Waals surface area contributed by atoms with Crippen LogP contribution in [0.2, 0.25) is 0 Å². The number of hydrogen-bond acceptors (Lipinski definition) is 2. The Morgan fingerprint density at radius 3 is 1.70 bits per heavy atom. The summed E-state index contributed by atoms with van der Waals surface area (Å²) < 4.78 is 4.97. The van der Waals surface area contributed by atoms with Gasteiger partial charge in [0.05, 0.1) is 21.4 Å². The van der Waals surface area contributed by atoms with Crippen molar-refractivity contribution in [1.29, 1.82) is 0 Å². The van der Waals surface area contributed by atoms with E-state index < -0.39 is 0 Å². The average molecular weight is 745 g/mol. The van der Waals surface area contributed by atoms with Gasteiger partial charge in [-0.05, 0) is 88.0 Å². The van der Waals surface area contributed by atoms with Gasteiger partial charge in [-0.1, -0.05) is 164 Å². The van der Waals surface area contributed by atoms with Gasteiger partial charge in [0, 0.05) is 43.3 Å². The molecule has 3 heteroatoms. The van der Waals surface area contributed by atoms with Gasteiger partial charge in [-0.15, -0.1) is 11.3 Å². The molecule has 0 spiro atoms. The van der Waals surface area contributed by atoms with Crippen molar-refractivity contribution in [2.24, 2.45) is 0 Å². The van der Waals surface area contributed by atoms with E-state index in [2.05, 4.69) is 228 Å². The lowest BCUT2D eigenvalue weighted by Crippen LogP contribution is -2.10. The topological polar surface area (TPSA) is 8.17 Å². The maximum Gasteiger partial charge on any atom is 0.0640 e. The van der Waals surface area contributed by atoms with Crippen molar-refractivity contribution in [2.45, 2.75) is 0 Å². The minimum atomic E-state index is 1.10. The third-order valence-electron chi connectivity index (χ3n) is 11.2. The summed E-state index contributed by atoms with van der Waals surface area (Å²) in [6.45, 7) is 0. The molecule has 11 rings (SSSR count). The Hall–Kier alpha value is -7.20. The number of benzene rings is 9. The largest absolute Gasteiger partial charge is 0.309 e. The SMILES string of the molecule is c1ccc(-c2ccc(-c3ccc(N(c4ccc5c6ccccc6n(-c6ccccc6)c5c4)c4cccc5c4sc4ccccc45)cc3-c3ccccc3)cc2)cc1. The molecule has 0 radical (unpaired) electrons. The van der Waals surface area contributed by atoms with Crippen LogP contribution in [0.25, 0.3) is 81.0 Å². The van der Waals surface area contributed by atoms with E-state index in [1.807, 2.05) is 11.3 Å². The lowest BCUT2D eigenvalue weighted by Gasteiger charge is -2.27. The summed E-state index contributed by atoms with van der Waals surface area (Å²) in [7, 11) is 0. The van der Waals surface area contributed by atoms with Crippen molar-refractivity contribution >= 4 is 70.4 Å². The van der Waals surface area contributed by atoms with E-state index in [1.54, 1.807) is 0 Å². The molecule has 11 aromatic rings. The van der Waals surface area contributed by atoms with Gasteiger partial charge < -0.3 is 9.47 Å². The van der Waals surface area contributed by atoms with E-state index in [-0.39, 0.29) is 0 Å². The number of hydrogen-bond donors (Lipinski definition) is 0. The third kappa shape index (κ3) is 5.71. The molecule has 0 aliphatic rings. The van der Waals surface area contributed by atoms with Crippen molar-refractivity contribution in [1.82, 2.24) is 4.57 Å². The zero-order valence-electron chi connectivity index (χ0n) is 31.1. The molecule has 9 aromatic carbocycles. The molecular formula is C54H36N2S. The highest BCUT2D eigenvalue weighted by molar-refractivity contribution is 7.26. The molecule has 0 N–H and O–H groups in total. The summed E-state index contributed by atoms with van der Waals surface area (Å²) in [4.78, 5) is 2.47. The molecule has 0 aliphatic carbocycles. The molecule has 2 nitrogen and oxygen atoms in total. The fourth-order valence-corrected chi connectivity index (χ4v) is 9.75. The molecule has 2 aromatic heterocycles. The summed E-state index contributed by atoms with van der Waals surface area (Å²) in [6, 6.07) is 79.4. The second kappa shape index (κ2) is 13.8. The average Bonchev–Trinajstić information content (AvgIpc) is 3.84. The van der Waals surface area contributed by atoms with Crippen LogP contribution in [0.4, 0.5) is 17.1 Å². The van der Waals surface area contributed by atoms with Crippen molar-refractivity contribution in [3.63, 3.8) is 0 Å². The summed E-state index contributed by atoms with van der Waals surface area (Å²) in [6.07, 6.45) is 0. The van der Waals surface area contributed by atoms with Crippen molar-refractivity contribution in [2.75, 3.05) is 4.90 Å². The van der Waals surface area contributed by atoms with Crippen LogP contribution in [0.3, 0.4) is 0 Å². The third-order valence-corrected chi connectivity index (χ3v) is 12.4. The molecule has 0 aliphatic heterocycles. The number of nitrogens with zero attached hydrogens (tertiary/aromatic N) is 2. The zero-order valence-corrected chi connectivity index (χ0v) is 31.9. The molecule has 57 heavy (non-hydrogen) atoms. The number of aromatic nitrogens is 1. The highest BCUT2D eigenvalue weighted by Crippen LogP contribution is 2.47. The van der Waals surface area contributed by atoms with Crippen LogP contribution in [0.1, 0.15) is 0 Å². The Labute approximate surface area is 335 Å². The van der Waals surface area contributed by atoms with Gasteiger partial charge in [0.2, 0.25) is 0 Å². The highest BCUT2D eigenvalue weighted by atomic mass is 32.1. The molecule has 0 amide bonds. The summed E-state index contributed by atoms with van der Waals surface area (Å²) >= 11 is 1.87. The maximum absolute atomic E-state index is 2.47. The van der Waals surface area contributed by atoms with Gasteiger partial charge >= 0.3 is 0 Å². The van der Waals surface area contributed by atoms with Crippen molar-refractivity contribution in [3.8, 4) is 39.1 Å². The van der Waals surface area contributed by atoms with Gasteiger partial charge in [-0.3, -0.25) is 0 Å². The molecule has 0 bridgehead atoms. The van der Waals surface area contributed by atoms with Gasteiger partial charge in [0.25, 0.3) is 0 Å². The van der Waals surface area contributed by atoms with Gasteiger partial charge in [0.1, 0.15) is 0 Å². The number of anilines is 3. The van der Waals surface area contributed by atoms with Crippen LogP contribution < -0.4 is 4.90 Å². The van der Waals surface area contributed by atoms with Crippen LogP contribution in [0, 0.1) is 0 Å². The second-order valence-corrected chi connectivity index (χ2v) is 15.6. The van der Waals surface area contributed by atoms with Crippen molar-refractivity contribution in [3.05, 3.63) is 218 Å². The number of para-hydroxylation sites is 2. The van der Waals surface area contributed by atoms with E-state index in [0.717, 1.165) is 22.7 Å². The van der Waals surface area contributed by atoms with Crippen molar-refractivity contribution < 1.29 is 0 Å². The minimum Gasteiger partial charge on any atom is -0.309 e. The Kier molecular flexibility index (Phi) is 8.04.